The molecule has 1 aromatic carbocycles. The normalized spacial score (nSPS) is 26.7. The van der Waals surface area contributed by atoms with E-state index in [1.54, 1.807) is 37.3 Å². The smallest absolute Gasteiger partial charge is 0.257 e. The van der Waals surface area contributed by atoms with E-state index in [2.05, 4.69) is 31.1 Å². The van der Waals surface area contributed by atoms with Crippen molar-refractivity contribution in [2.24, 2.45) is 11.8 Å². The van der Waals surface area contributed by atoms with Crippen molar-refractivity contribution in [3.8, 4) is 5.75 Å². The van der Waals surface area contributed by atoms with E-state index in [9.17, 15) is 9.59 Å². The van der Waals surface area contributed by atoms with Gasteiger partial charge in [-0.25, -0.2) is 0 Å². The van der Waals surface area contributed by atoms with Gasteiger partial charge in [0.15, 0.2) is 0 Å². The van der Waals surface area contributed by atoms with Gasteiger partial charge >= 0.3 is 0 Å². The third-order valence-corrected chi connectivity index (χ3v) is 5.97. The van der Waals surface area contributed by atoms with Gasteiger partial charge in [0.2, 0.25) is 5.91 Å². The van der Waals surface area contributed by atoms with Crippen LogP contribution in [0.1, 0.15) is 37.0 Å². The van der Waals surface area contributed by atoms with Crippen molar-refractivity contribution >= 4 is 17.5 Å². The van der Waals surface area contributed by atoms with E-state index in [-0.39, 0.29) is 35.8 Å². The molecule has 1 heterocycles. The molecule has 2 amide bonds. The molecule has 29 heavy (non-hydrogen) atoms. The van der Waals surface area contributed by atoms with Gasteiger partial charge in [-0.15, -0.1) is 0 Å². The zero-order chi connectivity index (χ0) is 21.1. The first-order chi connectivity index (χ1) is 13.8. The predicted octanol–water partition coefficient (Wildman–Crippen LogP) is 2.47. The topological polar surface area (TPSA) is 71.1 Å². The fourth-order valence-electron chi connectivity index (χ4n) is 3.62. The number of likely N-dealkylation sites (N-methyl/N-ethyl adjacent to an activating group) is 2. The van der Waals surface area contributed by atoms with E-state index in [1.165, 1.54) is 0 Å². The van der Waals surface area contributed by atoms with Gasteiger partial charge in [0.05, 0.1) is 11.7 Å². The Morgan fingerprint density at radius 3 is 2.59 bits per heavy atom. The van der Waals surface area contributed by atoms with Crippen LogP contribution in [0, 0.1) is 11.8 Å². The minimum atomic E-state index is -0.115. The van der Waals surface area contributed by atoms with Crippen LogP contribution in [0.3, 0.4) is 0 Å². The fraction of sp³-hybridized carbons (Fsp3) is 0.636. The summed E-state index contributed by atoms with van der Waals surface area (Å²) in [5, 5.41) is 2.93. The molecule has 7 heteroatoms. The molecule has 1 saturated carbocycles. The van der Waals surface area contributed by atoms with Crippen molar-refractivity contribution in [2.45, 2.75) is 38.8 Å². The lowest BCUT2D eigenvalue weighted by Gasteiger charge is -2.34. The Labute approximate surface area is 173 Å². The Balaban J connectivity index is 1.88. The summed E-state index contributed by atoms with van der Waals surface area (Å²) in [5.74, 6) is 0.800. The highest BCUT2D eigenvalue weighted by Gasteiger charge is 2.30. The van der Waals surface area contributed by atoms with Crippen molar-refractivity contribution in [3.63, 3.8) is 0 Å². The summed E-state index contributed by atoms with van der Waals surface area (Å²) in [6.45, 7) is 6.04. The van der Waals surface area contributed by atoms with Gasteiger partial charge in [0, 0.05) is 51.0 Å². The molecule has 3 atom stereocenters. The number of hydrogen-bond acceptors (Lipinski definition) is 5. The minimum Gasteiger partial charge on any atom is -0.491 e. The van der Waals surface area contributed by atoms with Crippen molar-refractivity contribution in [2.75, 3.05) is 46.2 Å². The lowest BCUT2D eigenvalue weighted by Crippen LogP contribution is -2.45. The molecule has 1 aromatic rings. The average molecular weight is 404 g/mol. The number of methoxy groups -OCH3 is 1. The minimum absolute atomic E-state index is 0.0339. The SMILES string of the molecule is CO[C@H]1CN(C)C(=O)c2ccc(NC(=O)C3CC3)cc2OC[C@@H](C)N(C)C[C@@H]1C. The van der Waals surface area contributed by atoms with E-state index < -0.39 is 0 Å². The predicted molar refractivity (Wildman–Crippen MR) is 112 cm³/mol. The van der Waals surface area contributed by atoms with Crippen LogP contribution in [0.15, 0.2) is 18.2 Å². The number of amides is 2. The van der Waals surface area contributed by atoms with Crippen LogP contribution in [0.5, 0.6) is 5.75 Å². The number of rotatable bonds is 3. The summed E-state index contributed by atoms with van der Waals surface area (Å²) in [4.78, 5) is 29.2. The Kier molecular flexibility index (Phi) is 6.80. The van der Waals surface area contributed by atoms with Gasteiger partial charge in [-0.3, -0.25) is 14.5 Å². The number of carbonyl (C=O) groups is 2. The molecule has 0 radical (unpaired) electrons. The molecule has 1 N–H and O–H groups in total. The standard InChI is InChI=1S/C22H33N3O4/c1-14-11-24(3)15(2)13-29-19-10-17(23-21(26)16-6-7-16)8-9-18(19)22(27)25(4)12-20(14)28-5/h8-10,14-16,20H,6-7,11-13H2,1-5H3,(H,23,26)/t14-,15+,20-/m0/s1. The van der Waals surface area contributed by atoms with Gasteiger partial charge in [-0.1, -0.05) is 6.92 Å². The number of nitrogens with zero attached hydrogens (tertiary/aromatic N) is 2. The molecule has 7 nitrogen and oxygen atoms in total. The Hall–Kier alpha value is -2.12. The van der Waals surface area contributed by atoms with E-state index in [4.69, 9.17) is 9.47 Å². The molecular formula is C22H33N3O4. The molecule has 0 saturated heterocycles. The largest absolute Gasteiger partial charge is 0.491 e. The van der Waals surface area contributed by atoms with Crippen LogP contribution < -0.4 is 10.1 Å². The van der Waals surface area contributed by atoms with Crippen molar-refractivity contribution in [1.29, 1.82) is 0 Å². The first-order valence-corrected chi connectivity index (χ1v) is 10.4. The molecular weight excluding hydrogens is 370 g/mol. The molecule has 1 aliphatic heterocycles. The summed E-state index contributed by atoms with van der Waals surface area (Å²) in [6.07, 6.45) is 1.83. The maximum absolute atomic E-state index is 13.1. The second-order valence-corrected chi connectivity index (χ2v) is 8.51. The molecule has 1 aliphatic carbocycles. The summed E-state index contributed by atoms with van der Waals surface area (Å²) >= 11 is 0. The molecule has 160 valence electrons. The molecule has 0 aromatic heterocycles. The van der Waals surface area contributed by atoms with Crippen molar-refractivity contribution in [3.05, 3.63) is 23.8 Å². The molecule has 0 spiro atoms. The van der Waals surface area contributed by atoms with Gasteiger partial charge in [0.1, 0.15) is 12.4 Å². The van der Waals surface area contributed by atoms with Crippen molar-refractivity contribution < 1.29 is 19.1 Å². The number of hydrogen-bond donors (Lipinski definition) is 1. The number of carbonyl (C=O) groups excluding carboxylic acids is 2. The zero-order valence-corrected chi connectivity index (χ0v) is 18.1. The Morgan fingerprint density at radius 2 is 1.93 bits per heavy atom. The third-order valence-electron chi connectivity index (χ3n) is 5.97. The van der Waals surface area contributed by atoms with E-state index in [0.717, 1.165) is 19.4 Å². The highest BCUT2D eigenvalue weighted by atomic mass is 16.5. The number of fused-ring (bicyclic) bond motifs is 1. The highest BCUT2D eigenvalue weighted by molar-refractivity contribution is 5.99. The van der Waals surface area contributed by atoms with Crippen LogP contribution in [-0.2, 0) is 9.53 Å². The van der Waals surface area contributed by atoms with Crippen LogP contribution in [0.2, 0.25) is 0 Å². The van der Waals surface area contributed by atoms with Crippen molar-refractivity contribution in [1.82, 2.24) is 9.80 Å². The summed E-state index contributed by atoms with van der Waals surface area (Å²) < 4.78 is 11.8. The van der Waals surface area contributed by atoms with Gasteiger partial charge < -0.3 is 19.7 Å². The average Bonchev–Trinajstić information content (AvgIpc) is 3.54. The lowest BCUT2D eigenvalue weighted by molar-refractivity contribution is -0.117. The Morgan fingerprint density at radius 1 is 1.21 bits per heavy atom. The third kappa shape index (κ3) is 5.28. The molecule has 2 aliphatic rings. The maximum Gasteiger partial charge on any atom is 0.257 e. The fourth-order valence-corrected chi connectivity index (χ4v) is 3.62. The maximum atomic E-state index is 13.1. The van der Waals surface area contributed by atoms with Crippen LogP contribution in [0.25, 0.3) is 0 Å². The summed E-state index contributed by atoms with van der Waals surface area (Å²) in [7, 11) is 5.55. The van der Waals surface area contributed by atoms with Crippen LogP contribution >= 0.6 is 0 Å². The Bertz CT molecular complexity index is 750. The number of anilines is 1. The summed E-state index contributed by atoms with van der Waals surface area (Å²) in [5.41, 5.74) is 1.16. The highest BCUT2D eigenvalue weighted by Crippen LogP contribution is 2.31. The second kappa shape index (κ2) is 9.13. The van der Waals surface area contributed by atoms with E-state index in [0.29, 0.717) is 30.2 Å². The lowest BCUT2D eigenvalue weighted by atomic mass is 10.0. The summed E-state index contributed by atoms with van der Waals surface area (Å²) in [6, 6.07) is 5.43. The van der Waals surface area contributed by atoms with Gasteiger partial charge in [-0.05, 0) is 44.9 Å². The number of nitrogens with one attached hydrogen (secondary N) is 1. The quantitative estimate of drug-likeness (QED) is 0.840. The molecule has 0 bridgehead atoms. The van der Waals surface area contributed by atoms with Crippen LogP contribution in [-0.4, -0.2) is 74.7 Å². The first kappa shape index (κ1) is 21.6. The number of benzene rings is 1. The van der Waals surface area contributed by atoms with Crippen LogP contribution in [0.4, 0.5) is 5.69 Å². The zero-order valence-electron chi connectivity index (χ0n) is 18.1. The molecule has 0 unspecified atom stereocenters. The van der Waals surface area contributed by atoms with Gasteiger partial charge in [0.25, 0.3) is 5.91 Å². The molecule has 1 fully saturated rings. The van der Waals surface area contributed by atoms with E-state index in [1.807, 2.05) is 0 Å². The van der Waals surface area contributed by atoms with Gasteiger partial charge in [-0.2, -0.15) is 0 Å². The van der Waals surface area contributed by atoms with E-state index >= 15 is 0 Å². The first-order valence-electron chi connectivity index (χ1n) is 10.4. The monoisotopic (exact) mass is 403 g/mol. The second-order valence-electron chi connectivity index (χ2n) is 8.51. The number of ether oxygens (including phenoxy) is 2. The molecule has 3 rings (SSSR count).